The molecular weight excluding hydrogens is 779 g/mol. The molecular formula is C43H63N5O10S. The van der Waals surface area contributed by atoms with Crippen molar-refractivity contribution in [3.8, 4) is 5.75 Å². The highest BCUT2D eigenvalue weighted by Gasteiger charge is 2.32. The molecule has 3 rings (SSSR count). The van der Waals surface area contributed by atoms with Gasteiger partial charge in [-0.05, 0) is 123 Å². The highest BCUT2D eigenvalue weighted by atomic mass is 32.2. The zero-order chi connectivity index (χ0) is 43.8. The monoisotopic (exact) mass is 841 g/mol. The molecule has 1 heterocycles. The van der Waals surface area contributed by atoms with E-state index in [4.69, 9.17) is 23.7 Å². The molecule has 15 nitrogen and oxygen atoms in total. The van der Waals surface area contributed by atoms with Crippen LogP contribution >= 0.6 is 0 Å². The average molecular weight is 842 g/mol. The van der Waals surface area contributed by atoms with E-state index in [0.29, 0.717) is 56.8 Å². The van der Waals surface area contributed by atoms with Crippen molar-refractivity contribution in [1.82, 2.24) is 20.3 Å². The van der Waals surface area contributed by atoms with Gasteiger partial charge in [-0.1, -0.05) is 29.8 Å². The number of nitrogens with zero attached hydrogens (tertiary/aromatic N) is 1. The average Bonchev–Trinajstić information content (AvgIpc) is 3.12. The fourth-order valence-electron chi connectivity index (χ4n) is 5.94. The fourth-order valence-corrected chi connectivity index (χ4v) is 7.58. The van der Waals surface area contributed by atoms with Gasteiger partial charge < -0.3 is 39.6 Å². The van der Waals surface area contributed by atoms with Gasteiger partial charge in [-0.2, -0.15) is 4.72 Å². The molecule has 1 aromatic heterocycles. The highest BCUT2D eigenvalue weighted by molar-refractivity contribution is 7.89. The molecule has 0 aliphatic heterocycles. The van der Waals surface area contributed by atoms with Crippen molar-refractivity contribution in [3.63, 3.8) is 0 Å². The Balaban J connectivity index is 1.68. The van der Waals surface area contributed by atoms with E-state index >= 15 is 0 Å². The summed E-state index contributed by atoms with van der Waals surface area (Å²) in [5, 5.41) is 8.45. The number of rotatable bonds is 22. The molecule has 2 amide bonds. The van der Waals surface area contributed by atoms with Gasteiger partial charge in [-0.25, -0.2) is 18.2 Å². The molecule has 3 aromatic rings. The number of pyridine rings is 1. The van der Waals surface area contributed by atoms with Gasteiger partial charge in [0.05, 0.1) is 30.3 Å². The maximum Gasteiger partial charge on any atom is 0.407 e. The first-order chi connectivity index (χ1) is 27.7. The minimum absolute atomic E-state index is 0.0588. The van der Waals surface area contributed by atoms with Crippen molar-refractivity contribution in [2.45, 2.75) is 104 Å². The number of aromatic nitrogens is 1. The number of anilines is 1. The number of ether oxygens (including phenoxy) is 5. The lowest BCUT2D eigenvalue weighted by Gasteiger charge is -2.25. The molecule has 0 saturated heterocycles. The van der Waals surface area contributed by atoms with Gasteiger partial charge in [-0.15, -0.1) is 0 Å². The van der Waals surface area contributed by atoms with E-state index < -0.39 is 51.8 Å². The number of esters is 1. The molecule has 0 unspecified atom stereocenters. The van der Waals surface area contributed by atoms with E-state index in [2.05, 4.69) is 25.7 Å². The normalized spacial score (nSPS) is 12.4. The molecule has 0 radical (unpaired) electrons. The van der Waals surface area contributed by atoms with E-state index in [1.165, 1.54) is 0 Å². The quantitative estimate of drug-likeness (QED) is 0.0727. The van der Waals surface area contributed by atoms with Crippen LogP contribution in [0.5, 0.6) is 5.75 Å². The summed E-state index contributed by atoms with van der Waals surface area (Å²) in [7, 11) is -2.41. The Morgan fingerprint density at radius 3 is 2.07 bits per heavy atom. The maximum atomic E-state index is 13.8. The molecule has 16 heteroatoms. The summed E-state index contributed by atoms with van der Waals surface area (Å²) in [6, 6.07) is 13.1. The van der Waals surface area contributed by atoms with Crippen molar-refractivity contribution in [2.24, 2.45) is 0 Å². The van der Waals surface area contributed by atoms with Gasteiger partial charge in [0.25, 0.3) is 5.91 Å². The second kappa shape index (κ2) is 22.6. The number of amides is 2. The van der Waals surface area contributed by atoms with Crippen LogP contribution < -0.4 is 25.4 Å². The van der Waals surface area contributed by atoms with Crippen LogP contribution in [0.1, 0.15) is 86.3 Å². The molecule has 4 N–H and O–H groups in total. The number of benzene rings is 2. The summed E-state index contributed by atoms with van der Waals surface area (Å²) >= 11 is 0. The van der Waals surface area contributed by atoms with E-state index in [1.807, 2.05) is 38.2 Å². The first-order valence-corrected chi connectivity index (χ1v) is 21.3. The van der Waals surface area contributed by atoms with E-state index in [0.717, 1.165) is 22.6 Å². The summed E-state index contributed by atoms with van der Waals surface area (Å²) in [6.07, 6.45) is 1.38. The van der Waals surface area contributed by atoms with Gasteiger partial charge in [0.2, 0.25) is 10.0 Å². The minimum Gasteiger partial charge on any atom is -0.490 e. The van der Waals surface area contributed by atoms with Crippen molar-refractivity contribution >= 4 is 33.8 Å². The Morgan fingerprint density at radius 2 is 1.42 bits per heavy atom. The predicted molar refractivity (Wildman–Crippen MR) is 227 cm³/mol. The number of sulfonamides is 1. The number of hydrogen-bond acceptors (Lipinski definition) is 12. The highest BCUT2D eigenvalue weighted by Crippen LogP contribution is 2.24. The number of alkyl carbamates (subject to hydrolysis) is 1. The predicted octanol–water partition coefficient (Wildman–Crippen LogP) is 5.58. The molecule has 0 spiro atoms. The topological polar surface area (TPSA) is 193 Å². The zero-order valence-electron chi connectivity index (χ0n) is 36.2. The molecule has 59 heavy (non-hydrogen) atoms. The molecule has 0 aliphatic carbocycles. The van der Waals surface area contributed by atoms with Crippen LogP contribution in [0.3, 0.4) is 0 Å². The largest absolute Gasteiger partial charge is 0.490 e. The van der Waals surface area contributed by atoms with Crippen LogP contribution in [0.4, 0.5) is 10.6 Å². The molecule has 2 aromatic carbocycles. The molecule has 326 valence electrons. The van der Waals surface area contributed by atoms with Gasteiger partial charge in [0, 0.05) is 32.4 Å². The van der Waals surface area contributed by atoms with E-state index in [1.54, 1.807) is 79.7 Å². The standard InChI is InChI=1S/C43H63N5O10S/c1-29-25-30(2)38(31(3)26-29)59(52,53)48-35(40(50)57-42(4,5)6)28-46-39(49)34-18-16-32(15-17-33-13-11-14-37(44-10)47-33)27-36(34)56-24-23-55-22-21-54-20-12-19-45-41(51)58-43(7,8)9/h11,13-14,16,18,25-27,35,48H,12,15,17,19-24,28H2,1-10H3,(H,44,47)(H,45,51)(H,46,49)/t35-/m0/s1. The first-order valence-electron chi connectivity index (χ1n) is 19.8. The van der Waals surface area contributed by atoms with Crippen LogP contribution in [0.25, 0.3) is 0 Å². The van der Waals surface area contributed by atoms with Crippen LogP contribution in [0.2, 0.25) is 0 Å². The Hall–Kier alpha value is -4.77. The Bertz CT molecular complexity index is 1950. The van der Waals surface area contributed by atoms with E-state index in [9.17, 15) is 22.8 Å². The molecule has 0 bridgehead atoms. The summed E-state index contributed by atoms with van der Waals surface area (Å²) in [5.41, 5.74) is 2.44. The van der Waals surface area contributed by atoms with Gasteiger partial charge in [-0.3, -0.25) is 9.59 Å². The Labute approximate surface area is 349 Å². The SMILES string of the molecule is CNc1cccc(CCc2ccc(C(=O)NC[C@H](NS(=O)(=O)c3c(C)cc(C)cc3C)C(=O)OC(C)(C)C)c(OCCOCCOCCCNC(=O)OC(C)(C)C)c2)n1. The molecule has 1 atom stereocenters. The lowest BCUT2D eigenvalue weighted by atomic mass is 10.0. The fraction of sp³-hybridized carbons (Fsp3) is 0.535. The maximum absolute atomic E-state index is 13.8. The third-order valence-electron chi connectivity index (χ3n) is 8.34. The molecule has 0 fully saturated rings. The lowest BCUT2D eigenvalue weighted by Crippen LogP contribution is -2.50. The number of carbonyl (C=O) groups excluding carboxylic acids is 3. The van der Waals surface area contributed by atoms with Crippen molar-refractivity contribution in [1.29, 1.82) is 0 Å². The lowest BCUT2D eigenvalue weighted by molar-refractivity contribution is -0.156. The third-order valence-corrected chi connectivity index (χ3v) is 10.1. The van der Waals surface area contributed by atoms with Gasteiger partial charge >= 0.3 is 12.1 Å². The Morgan fingerprint density at radius 1 is 0.780 bits per heavy atom. The summed E-state index contributed by atoms with van der Waals surface area (Å²) in [4.78, 5) is 43.6. The number of carbonyl (C=O) groups is 3. The number of nitrogens with one attached hydrogen (secondary N) is 4. The van der Waals surface area contributed by atoms with E-state index in [-0.39, 0.29) is 29.4 Å². The zero-order valence-corrected chi connectivity index (χ0v) is 37.0. The minimum atomic E-state index is -4.21. The second-order valence-corrected chi connectivity index (χ2v) is 17.7. The van der Waals surface area contributed by atoms with Crippen molar-refractivity contribution in [2.75, 3.05) is 58.5 Å². The van der Waals surface area contributed by atoms with Gasteiger partial charge in [0.15, 0.2) is 0 Å². The van der Waals surface area contributed by atoms with Crippen LogP contribution in [-0.2, 0) is 46.6 Å². The number of hydrogen-bond donors (Lipinski definition) is 4. The summed E-state index contributed by atoms with van der Waals surface area (Å²) in [6.45, 7) is 17.1. The molecule has 0 aliphatic rings. The Kier molecular flexibility index (Phi) is 18.6. The summed E-state index contributed by atoms with van der Waals surface area (Å²) in [5.74, 6) is -0.379. The first kappa shape index (κ1) is 48.6. The van der Waals surface area contributed by atoms with Crippen LogP contribution in [-0.4, -0.2) is 102 Å². The number of aryl methyl sites for hydroxylation is 5. The molecule has 0 saturated carbocycles. The van der Waals surface area contributed by atoms with Crippen LogP contribution in [0, 0.1) is 20.8 Å². The third kappa shape index (κ3) is 17.5. The summed E-state index contributed by atoms with van der Waals surface area (Å²) < 4.78 is 58.0. The van der Waals surface area contributed by atoms with Crippen LogP contribution in [0.15, 0.2) is 53.4 Å². The van der Waals surface area contributed by atoms with Crippen molar-refractivity contribution < 1.29 is 46.5 Å². The second-order valence-electron chi connectivity index (χ2n) is 16.1. The van der Waals surface area contributed by atoms with Crippen molar-refractivity contribution in [3.05, 3.63) is 82.0 Å². The smallest absolute Gasteiger partial charge is 0.407 e. The van der Waals surface area contributed by atoms with Gasteiger partial charge in [0.1, 0.15) is 35.4 Å².